The van der Waals surface area contributed by atoms with Gasteiger partial charge in [-0.05, 0) is 58.2 Å². The van der Waals surface area contributed by atoms with E-state index in [0.717, 1.165) is 12.1 Å². The highest BCUT2D eigenvalue weighted by Crippen LogP contribution is 2.34. The number of carbonyl (C=O) groups excluding carboxylic acids is 2. The fourth-order valence-electron chi connectivity index (χ4n) is 4.43. The van der Waals surface area contributed by atoms with Gasteiger partial charge in [-0.2, -0.15) is 13.2 Å². The number of nitrogens with zero attached hydrogens (tertiary/aromatic N) is 2. The summed E-state index contributed by atoms with van der Waals surface area (Å²) in [4.78, 5) is 40.7. The molecule has 2 saturated heterocycles. The highest BCUT2D eigenvalue weighted by atomic mass is 35.5. The van der Waals surface area contributed by atoms with Crippen LogP contribution in [0.5, 0.6) is 0 Å². The van der Waals surface area contributed by atoms with Crippen molar-refractivity contribution in [2.45, 2.75) is 63.9 Å². The Bertz CT molecular complexity index is 982. The molecule has 2 N–H and O–H groups in total. The molecule has 12 heteroatoms. The predicted molar refractivity (Wildman–Crippen MR) is 122 cm³/mol. The van der Waals surface area contributed by atoms with Crippen molar-refractivity contribution in [3.63, 3.8) is 0 Å². The molecule has 8 nitrogen and oxygen atoms in total. The predicted octanol–water partition coefficient (Wildman–Crippen LogP) is 4.47. The number of rotatable bonds is 4. The topological polar surface area (TPSA) is 99.2 Å². The number of halogens is 4. The summed E-state index contributed by atoms with van der Waals surface area (Å²) in [6.45, 7) is 5.59. The van der Waals surface area contributed by atoms with Crippen molar-refractivity contribution in [2.24, 2.45) is 5.92 Å². The number of nitrogens with one attached hydrogen (secondary N) is 1. The first-order valence-electron chi connectivity index (χ1n) is 11.3. The fraction of sp³-hybridized carbons (Fsp3) is 0.609. The van der Waals surface area contributed by atoms with Crippen LogP contribution in [0.4, 0.5) is 23.7 Å². The van der Waals surface area contributed by atoms with Crippen molar-refractivity contribution in [3.05, 3.63) is 28.8 Å². The molecule has 3 rings (SSSR count). The maximum Gasteiger partial charge on any atom is 0.416 e. The quantitative estimate of drug-likeness (QED) is 0.609. The van der Waals surface area contributed by atoms with Crippen LogP contribution in [0, 0.1) is 5.92 Å². The van der Waals surface area contributed by atoms with Gasteiger partial charge in [0.15, 0.2) is 0 Å². The molecule has 2 amide bonds. The summed E-state index contributed by atoms with van der Waals surface area (Å²) in [6, 6.07) is 1.31. The van der Waals surface area contributed by atoms with E-state index in [9.17, 15) is 32.7 Å². The van der Waals surface area contributed by atoms with E-state index < -0.39 is 53.3 Å². The minimum atomic E-state index is -4.61. The van der Waals surface area contributed by atoms with Crippen molar-refractivity contribution in [3.8, 4) is 0 Å². The second kappa shape index (κ2) is 10.1. The molecule has 2 aliphatic rings. The molecule has 0 aromatic heterocycles. The SMILES string of the molecule is CC(C)(C)OC(=O)N1CC[C@H](C(=O)O)[C@@H](N2CCCC(Nc3cc(Cl)cc(C(F)(F)F)c3)C2=O)C1. The van der Waals surface area contributed by atoms with Gasteiger partial charge >= 0.3 is 18.2 Å². The van der Waals surface area contributed by atoms with Crippen molar-refractivity contribution < 1.29 is 37.4 Å². The van der Waals surface area contributed by atoms with Crippen molar-refractivity contribution in [1.29, 1.82) is 0 Å². The van der Waals surface area contributed by atoms with Crippen LogP contribution in [-0.4, -0.2) is 70.2 Å². The Morgan fingerprint density at radius 3 is 2.43 bits per heavy atom. The number of carboxylic acid groups (broad SMARTS) is 1. The van der Waals surface area contributed by atoms with Crippen LogP contribution in [0.2, 0.25) is 5.02 Å². The average Bonchev–Trinajstić information content (AvgIpc) is 2.72. The number of ether oxygens (including phenoxy) is 1. The number of likely N-dealkylation sites (tertiary alicyclic amines) is 2. The molecule has 35 heavy (non-hydrogen) atoms. The Balaban J connectivity index is 1.80. The zero-order valence-corrected chi connectivity index (χ0v) is 20.4. The van der Waals surface area contributed by atoms with Gasteiger partial charge < -0.3 is 25.0 Å². The third kappa shape index (κ3) is 6.71. The molecule has 1 aromatic rings. The highest BCUT2D eigenvalue weighted by molar-refractivity contribution is 6.31. The molecule has 194 valence electrons. The molecule has 2 heterocycles. The number of hydrogen-bond acceptors (Lipinski definition) is 5. The molecular formula is C23H29ClF3N3O5. The second-order valence-corrected chi connectivity index (χ2v) is 10.3. The first kappa shape index (κ1) is 26.9. The van der Waals surface area contributed by atoms with E-state index in [1.807, 2.05) is 0 Å². The van der Waals surface area contributed by atoms with Gasteiger partial charge in [0.2, 0.25) is 5.91 Å². The van der Waals surface area contributed by atoms with Crippen LogP contribution in [0.15, 0.2) is 18.2 Å². The van der Waals surface area contributed by atoms with E-state index in [-0.39, 0.29) is 36.8 Å². The molecule has 0 bridgehead atoms. The Hall–Kier alpha value is -2.69. The summed E-state index contributed by atoms with van der Waals surface area (Å²) in [5.74, 6) is -2.40. The van der Waals surface area contributed by atoms with Gasteiger partial charge in [-0.1, -0.05) is 11.6 Å². The van der Waals surface area contributed by atoms with Crippen molar-refractivity contribution in [2.75, 3.05) is 25.0 Å². The maximum atomic E-state index is 13.3. The summed E-state index contributed by atoms with van der Waals surface area (Å²) in [5.41, 5.74) is -1.64. The van der Waals surface area contributed by atoms with Crippen LogP contribution < -0.4 is 5.32 Å². The number of carboxylic acids is 1. The van der Waals surface area contributed by atoms with Crippen LogP contribution in [0.3, 0.4) is 0 Å². The van der Waals surface area contributed by atoms with Crippen LogP contribution in [0.1, 0.15) is 45.6 Å². The largest absolute Gasteiger partial charge is 0.481 e. The summed E-state index contributed by atoms with van der Waals surface area (Å²) >= 11 is 5.86. The Morgan fingerprint density at radius 2 is 1.83 bits per heavy atom. The van der Waals surface area contributed by atoms with Crippen molar-refractivity contribution >= 4 is 35.3 Å². The molecule has 0 spiro atoms. The number of hydrogen-bond donors (Lipinski definition) is 2. The third-order valence-corrected chi connectivity index (χ3v) is 6.21. The normalized spacial score (nSPS) is 23.7. The number of carbonyl (C=O) groups is 3. The van der Waals surface area contributed by atoms with Crippen LogP contribution in [-0.2, 0) is 20.5 Å². The number of benzene rings is 1. The van der Waals surface area contributed by atoms with Gasteiger partial charge in [0.1, 0.15) is 11.6 Å². The van der Waals surface area contributed by atoms with E-state index in [4.69, 9.17) is 16.3 Å². The van der Waals surface area contributed by atoms with E-state index in [1.165, 1.54) is 15.9 Å². The molecule has 1 aromatic carbocycles. The molecule has 0 saturated carbocycles. The lowest BCUT2D eigenvalue weighted by molar-refractivity contribution is -0.151. The highest BCUT2D eigenvalue weighted by Gasteiger charge is 2.44. The first-order valence-corrected chi connectivity index (χ1v) is 11.7. The van der Waals surface area contributed by atoms with E-state index in [2.05, 4.69) is 5.32 Å². The monoisotopic (exact) mass is 519 g/mol. The summed E-state index contributed by atoms with van der Waals surface area (Å²) in [7, 11) is 0. The number of aliphatic carboxylic acids is 1. The molecule has 1 unspecified atom stereocenters. The molecule has 3 atom stereocenters. The average molecular weight is 520 g/mol. The molecule has 2 fully saturated rings. The Kier molecular flexibility index (Phi) is 7.78. The van der Waals surface area contributed by atoms with Gasteiger partial charge in [-0.15, -0.1) is 0 Å². The summed E-state index contributed by atoms with van der Waals surface area (Å²) in [5, 5.41) is 12.5. The van der Waals surface area contributed by atoms with Crippen LogP contribution in [0.25, 0.3) is 0 Å². The van der Waals surface area contributed by atoms with E-state index in [1.54, 1.807) is 20.8 Å². The standard InChI is InChI=1S/C23H29ClF3N3O5/c1-22(2,3)35-21(34)29-8-6-16(20(32)33)18(12-29)30-7-4-5-17(19(30)31)28-15-10-13(23(25,26)27)9-14(24)11-15/h9-11,16-18,28H,4-8,12H2,1-3H3,(H,32,33)/t16-,17?,18-/m0/s1. The number of alkyl halides is 3. The van der Waals surface area contributed by atoms with Crippen molar-refractivity contribution in [1.82, 2.24) is 9.80 Å². The Labute approximate surface area is 206 Å². The number of anilines is 1. The molecule has 0 radical (unpaired) electrons. The third-order valence-electron chi connectivity index (χ3n) is 5.99. The van der Waals surface area contributed by atoms with Crippen LogP contribution >= 0.6 is 11.6 Å². The van der Waals surface area contributed by atoms with E-state index in [0.29, 0.717) is 12.8 Å². The minimum Gasteiger partial charge on any atom is -0.481 e. The Morgan fingerprint density at radius 1 is 1.14 bits per heavy atom. The minimum absolute atomic E-state index is 0.0142. The fourth-order valence-corrected chi connectivity index (χ4v) is 4.66. The second-order valence-electron chi connectivity index (χ2n) is 9.82. The van der Waals surface area contributed by atoms with E-state index >= 15 is 0 Å². The van der Waals surface area contributed by atoms with Gasteiger partial charge in [-0.25, -0.2) is 4.79 Å². The molecule has 0 aliphatic carbocycles. The van der Waals surface area contributed by atoms with Gasteiger partial charge in [0.25, 0.3) is 0 Å². The number of piperidine rings is 2. The zero-order chi connectivity index (χ0) is 26.1. The zero-order valence-electron chi connectivity index (χ0n) is 19.7. The number of amides is 2. The van der Waals surface area contributed by atoms with Gasteiger partial charge in [-0.3, -0.25) is 9.59 Å². The summed E-state index contributed by atoms with van der Waals surface area (Å²) < 4.78 is 44.9. The molecular weight excluding hydrogens is 491 g/mol. The molecule has 2 aliphatic heterocycles. The lowest BCUT2D eigenvalue weighted by Gasteiger charge is -2.45. The lowest BCUT2D eigenvalue weighted by Crippen LogP contribution is -2.61. The van der Waals surface area contributed by atoms with Gasteiger partial charge in [0.05, 0.1) is 17.5 Å². The lowest BCUT2D eigenvalue weighted by atomic mass is 9.88. The smallest absolute Gasteiger partial charge is 0.416 e. The van der Waals surface area contributed by atoms with Gasteiger partial charge in [0, 0.05) is 30.3 Å². The summed E-state index contributed by atoms with van der Waals surface area (Å²) in [6.07, 6.45) is -4.20. The first-order chi connectivity index (χ1) is 16.2. The maximum absolute atomic E-state index is 13.3.